The van der Waals surface area contributed by atoms with Gasteiger partial charge in [-0.05, 0) is 36.2 Å². The molecular formula is C16H18FN3O. The largest absolute Gasteiger partial charge is 0.409 e. The number of amidine groups is 1. The predicted molar refractivity (Wildman–Crippen MR) is 80.6 cm³/mol. The van der Waals surface area contributed by atoms with Crippen LogP contribution in [0.1, 0.15) is 29.7 Å². The average Bonchev–Trinajstić information content (AvgIpc) is 2.52. The van der Waals surface area contributed by atoms with Gasteiger partial charge < -0.3 is 16.3 Å². The molecule has 110 valence electrons. The van der Waals surface area contributed by atoms with E-state index in [0.717, 1.165) is 11.1 Å². The van der Waals surface area contributed by atoms with E-state index < -0.39 is 0 Å². The van der Waals surface area contributed by atoms with Crippen LogP contribution in [0.15, 0.2) is 53.7 Å². The van der Waals surface area contributed by atoms with Crippen LogP contribution < -0.4 is 11.1 Å². The van der Waals surface area contributed by atoms with Gasteiger partial charge in [-0.3, -0.25) is 0 Å². The van der Waals surface area contributed by atoms with Crippen molar-refractivity contribution in [1.29, 1.82) is 0 Å². The molecule has 0 bridgehead atoms. The molecule has 0 unspecified atom stereocenters. The summed E-state index contributed by atoms with van der Waals surface area (Å²) in [6.45, 7) is 2.64. The molecule has 2 aromatic carbocycles. The fourth-order valence-corrected chi connectivity index (χ4v) is 2.04. The minimum Gasteiger partial charge on any atom is -0.409 e. The first-order valence-electron chi connectivity index (χ1n) is 6.66. The fourth-order valence-electron chi connectivity index (χ4n) is 2.04. The summed E-state index contributed by atoms with van der Waals surface area (Å²) in [5, 5.41) is 15.0. The molecule has 5 heteroatoms. The van der Waals surface area contributed by atoms with Gasteiger partial charge in [0.1, 0.15) is 5.82 Å². The van der Waals surface area contributed by atoms with Crippen LogP contribution in [-0.4, -0.2) is 11.0 Å². The first-order valence-corrected chi connectivity index (χ1v) is 6.66. The van der Waals surface area contributed by atoms with E-state index in [1.807, 2.05) is 25.1 Å². The normalized spacial score (nSPS) is 13.1. The van der Waals surface area contributed by atoms with Gasteiger partial charge in [0.05, 0.1) is 0 Å². The van der Waals surface area contributed by atoms with Crippen LogP contribution in [-0.2, 0) is 6.54 Å². The second-order valence-electron chi connectivity index (χ2n) is 4.84. The van der Waals surface area contributed by atoms with Crippen molar-refractivity contribution in [2.75, 3.05) is 0 Å². The maximum absolute atomic E-state index is 12.9. The number of rotatable bonds is 5. The topological polar surface area (TPSA) is 70.6 Å². The molecule has 0 aliphatic rings. The second kappa shape index (κ2) is 6.85. The zero-order valence-electron chi connectivity index (χ0n) is 11.8. The first kappa shape index (κ1) is 15.0. The van der Waals surface area contributed by atoms with Crippen LogP contribution in [0.2, 0.25) is 0 Å². The lowest BCUT2D eigenvalue weighted by molar-refractivity contribution is 0.318. The van der Waals surface area contributed by atoms with Crippen molar-refractivity contribution in [1.82, 2.24) is 5.32 Å². The van der Waals surface area contributed by atoms with Gasteiger partial charge in [-0.2, -0.15) is 0 Å². The predicted octanol–water partition coefficient (Wildman–Crippen LogP) is 2.77. The van der Waals surface area contributed by atoms with Crippen LogP contribution in [0.25, 0.3) is 0 Å². The molecule has 2 rings (SSSR count). The van der Waals surface area contributed by atoms with Gasteiger partial charge in [-0.15, -0.1) is 0 Å². The zero-order valence-corrected chi connectivity index (χ0v) is 11.8. The Bertz CT molecular complexity index is 626. The van der Waals surface area contributed by atoms with Crippen molar-refractivity contribution in [3.8, 4) is 0 Å². The molecule has 0 fully saturated rings. The van der Waals surface area contributed by atoms with E-state index in [9.17, 15) is 4.39 Å². The summed E-state index contributed by atoms with van der Waals surface area (Å²) < 4.78 is 12.9. The van der Waals surface area contributed by atoms with E-state index in [1.165, 1.54) is 12.1 Å². The lowest BCUT2D eigenvalue weighted by Crippen LogP contribution is -2.19. The van der Waals surface area contributed by atoms with E-state index in [-0.39, 0.29) is 17.7 Å². The van der Waals surface area contributed by atoms with Crippen molar-refractivity contribution in [3.63, 3.8) is 0 Å². The molecule has 0 radical (unpaired) electrons. The standard InChI is InChI=1S/C16H18FN3O/c1-11(13-5-7-15(17)8-6-13)19-10-12-3-2-4-14(9-12)16(18)20-21/h2-9,11,19,21H,10H2,1H3,(H2,18,20)/t11-/m0/s1. The molecule has 21 heavy (non-hydrogen) atoms. The molecule has 0 spiro atoms. The van der Waals surface area contributed by atoms with Crippen LogP contribution in [0.5, 0.6) is 0 Å². The monoisotopic (exact) mass is 287 g/mol. The Balaban J connectivity index is 2.01. The average molecular weight is 287 g/mol. The molecule has 0 heterocycles. The molecule has 0 aliphatic heterocycles. The highest BCUT2D eigenvalue weighted by atomic mass is 19.1. The minimum atomic E-state index is -0.239. The minimum absolute atomic E-state index is 0.0865. The quantitative estimate of drug-likeness (QED) is 0.343. The maximum Gasteiger partial charge on any atom is 0.170 e. The van der Waals surface area contributed by atoms with Gasteiger partial charge in [0, 0.05) is 18.2 Å². The molecule has 2 aromatic rings. The Morgan fingerprint density at radius 1 is 1.29 bits per heavy atom. The maximum atomic E-state index is 12.9. The molecule has 1 atom stereocenters. The highest BCUT2D eigenvalue weighted by Crippen LogP contribution is 2.14. The number of hydrogen-bond acceptors (Lipinski definition) is 3. The molecule has 4 N–H and O–H groups in total. The van der Waals surface area contributed by atoms with Gasteiger partial charge >= 0.3 is 0 Å². The highest BCUT2D eigenvalue weighted by molar-refractivity contribution is 5.97. The number of hydrogen-bond donors (Lipinski definition) is 3. The Morgan fingerprint density at radius 2 is 2.00 bits per heavy atom. The van der Waals surface area contributed by atoms with Crippen molar-refractivity contribution < 1.29 is 9.60 Å². The third-order valence-electron chi connectivity index (χ3n) is 3.31. The van der Waals surface area contributed by atoms with Gasteiger partial charge in [-0.1, -0.05) is 35.5 Å². The van der Waals surface area contributed by atoms with Gasteiger partial charge in [0.25, 0.3) is 0 Å². The molecule has 0 aromatic heterocycles. The van der Waals surface area contributed by atoms with Crippen LogP contribution in [0.4, 0.5) is 4.39 Å². The summed E-state index contributed by atoms with van der Waals surface area (Å²) >= 11 is 0. The van der Waals surface area contributed by atoms with Crippen LogP contribution in [0, 0.1) is 5.82 Å². The van der Waals surface area contributed by atoms with E-state index in [1.54, 1.807) is 18.2 Å². The Labute approximate surface area is 123 Å². The molecule has 0 saturated carbocycles. The van der Waals surface area contributed by atoms with Crippen LogP contribution in [0.3, 0.4) is 0 Å². The number of oxime groups is 1. The van der Waals surface area contributed by atoms with E-state index >= 15 is 0 Å². The van der Waals surface area contributed by atoms with Gasteiger partial charge in [-0.25, -0.2) is 4.39 Å². The Kier molecular flexibility index (Phi) is 4.90. The third-order valence-corrected chi connectivity index (χ3v) is 3.31. The molecule has 0 amide bonds. The number of nitrogens with one attached hydrogen (secondary N) is 1. The summed E-state index contributed by atoms with van der Waals surface area (Å²) in [5.41, 5.74) is 8.28. The molecule has 4 nitrogen and oxygen atoms in total. The first-order chi connectivity index (χ1) is 10.1. The lowest BCUT2D eigenvalue weighted by Gasteiger charge is -2.14. The van der Waals surface area contributed by atoms with Crippen LogP contribution >= 0.6 is 0 Å². The summed E-state index contributed by atoms with van der Waals surface area (Å²) in [5.74, 6) is -0.152. The van der Waals surface area contributed by atoms with E-state index in [4.69, 9.17) is 10.9 Å². The van der Waals surface area contributed by atoms with Crippen molar-refractivity contribution >= 4 is 5.84 Å². The summed E-state index contributed by atoms with van der Waals surface area (Å²) in [6, 6.07) is 14.0. The number of halogens is 1. The van der Waals surface area contributed by atoms with Crippen molar-refractivity contribution in [2.24, 2.45) is 10.9 Å². The molecule has 0 saturated heterocycles. The number of benzene rings is 2. The number of nitrogens with zero attached hydrogens (tertiary/aromatic N) is 1. The Morgan fingerprint density at radius 3 is 2.67 bits per heavy atom. The third kappa shape index (κ3) is 4.03. The van der Waals surface area contributed by atoms with E-state index in [2.05, 4.69) is 10.5 Å². The summed E-state index contributed by atoms with van der Waals surface area (Å²) in [4.78, 5) is 0. The van der Waals surface area contributed by atoms with Crippen molar-refractivity contribution in [3.05, 3.63) is 71.0 Å². The zero-order chi connectivity index (χ0) is 15.2. The summed E-state index contributed by atoms with van der Waals surface area (Å²) in [6.07, 6.45) is 0. The molecule has 0 aliphatic carbocycles. The van der Waals surface area contributed by atoms with E-state index in [0.29, 0.717) is 12.1 Å². The van der Waals surface area contributed by atoms with Crippen molar-refractivity contribution in [2.45, 2.75) is 19.5 Å². The van der Waals surface area contributed by atoms with Gasteiger partial charge in [0.15, 0.2) is 5.84 Å². The Hall–Kier alpha value is -2.40. The lowest BCUT2D eigenvalue weighted by atomic mass is 10.1. The SMILES string of the molecule is C[C@H](NCc1cccc(/C(N)=N/O)c1)c1ccc(F)cc1. The smallest absolute Gasteiger partial charge is 0.170 e. The second-order valence-corrected chi connectivity index (χ2v) is 4.84. The number of nitrogens with two attached hydrogens (primary N) is 1. The fraction of sp³-hybridized carbons (Fsp3) is 0.188. The van der Waals surface area contributed by atoms with Gasteiger partial charge in [0.2, 0.25) is 0 Å². The summed E-state index contributed by atoms with van der Waals surface area (Å²) in [7, 11) is 0. The highest BCUT2D eigenvalue weighted by Gasteiger charge is 2.06. The molecular weight excluding hydrogens is 269 g/mol.